The van der Waals surface area contributed by atoms with Crippen molar-refractivity contribution in [1.29, 1.82) is 0 Å². The third kappa shape index (κ3) is 29.5. The van der Waals surface area contributed by atoms with Gasteiger partial charge in [-0.15, -0.1) is 23.2 Å². The van der Waals surface area contributed by atoms with E-state index in [1.54, 1.807) is 105 Å². The van der Waals surface area contributed by atoms with Gasteiger partial charge in [0.05, 0.1) is 93.0 Å². The van der Waals surface area contributed by atoms with Gasteiger partial charge in [0.25, 0.3) is 23.6 Å². The molecule has 2 aromatic carbocycles. The fraction of sp³-hybridized carbons (Fsp3) is 0.315. The molecule has 0 aliphatic carbocycles. The van der Waals surface area contributed by atoms with Crippen molar-refractivity contribution in [3.8, 4) is 0 Å². The van der Waals surface area contributed by atoms with Crippen LogP contribution < -0.4 is 32.3 Å². The molecule has 1 saturated heterocycles. The minimum absolute atomic E-state index is 0.00273. The number of aldehydes is 1. The molecule has 4 aliphatic rings. The molecular weight excluding hydrogens is 2090 g/mol. The number of carboxylic acids is 1. The molecule has 48 heteroatoms. The normalized spacial score (nSPS) is 15.6. The molecule has 0 unspecified atom stereocenters. The molecule has 1 fully saturated rings. The Hall–Kier alpha value is -13.7. The maximum absolute atomic E-state index is 12.7. The summed E-state index contributed by atoms with van der Waals surface area (Å²) in [4.78, 5) is 139. The number of benzene rings is 2. The van der Waals surface area contributed by atoms with Gasteiger partial charge < -0.3 is 79.6 Å². The third-order valence-electron chi connectivity index (χ3n) is 20.1. The number of aromatic nitrogens is 14. The Morgan fingerprint density at radius 3 is 1.47 bits per heavy atom. The van der Waals surface area contributed by atoms with Crippen molar-refractivity contribution in [2.45, 2.75) is 137 Å². The van der Waals surface area contributed by atoms with Crippen LogP contribution in [0.3, 0.4) is 0 Å². The predicted octanol–water partition coefficient (Wildman–Crippen LogP) is 16.3. The number of nitrogens with one attached hydrogen (secondary N) is 6. The van der Waals surface area contributed by atoms with Crippen molar-refractivity contribution < 1.29 is 97.8 Å². The maximum Gasteiger partial charge on any atom is 0.446 e. The van der Waals surface area contributed by atoms with E-state index in [2.05, 4.69) is 130 Å². The highest BCUT2D eigenvalue weighted by molar-refractivity contribution is 9.11. The van der Waals surface area contributed by atoms with E-state index in [1.807, 2.05) is 156 Å². The first-order chi connectivity index (χ1) is 66.1. The van der Waals surface area contributed by atoms with Crippen molar-refractivity contribution in [2.24, 2.45) is 0 Å². The summed E-state index contributed by atoms with van der Waals surface area (Å²) in [5.74, 6) is -1.34. The van der Waals surface area contributed by atoms with Gasteiger partial charge in [0.2, 0.25) is 6.29 Å². The summed E-state index contributed by atoms with van der Waals surface area (Å²) < 4.78 is 91.8. The summed E-state index contributed by atoms with van der Waals surface area (Å²) in [5.41, 5.74) is 13.6. The van der Waals surface area contributed by atoms with E-state index in [4.69, 9.17) is 53.0 Å². The number of anilines is 2. The van der Waals surface area contributed by atoms with Crippen LogP contribution in [0.5, 0.6) is 0 Å². The number of rotatable bonds is 12. The molecule has 12 aromatic heterocycles. The van der Waals surface area contributed by atoms with Crippen LogP contribution in [0.25, 0.3) is 55.2 Å². The number of nitrogens with two attached hydrogens (primary N) is 1. The van der Waals surface area contributed by atoms with Crippen LogP contribution in [0.1, 0.15) is 185 Å². The molecule has 39 nitrogen and oxygen atoms in total. The summed E-state index contributed by atoms with van der Waals surface area (Å²) in [7, 11) is -1.27. The Bertz CT molecular complexity index is 6860. The predicted molar refractivity (Wildman–Crippen MR) is 527 cm³/mol. The van der Waals surface area contributed by atoms with Gasteiger partial charge in [-0.3, -0.25) is 33.3 Å². The SMILES string of the molecule is COC(=O)c1cc2ccc(Br)nc2[nH]1.COC(=O)c1cc2ccc(Br)nc2n1[C@H](C)CNC(=O)OC(C)(C)C.C[C@@H]1CNC(=O)c2cc3ccc(Br)nc3n21.C[C@@H]1CNC(=O)c2cc3ccc(N)nc3n21.C[C@@H]1CNC(=O)c2cc3ccc(NC(=O)c4cnn(Cc5ccccc5)c4)nc3n21.C[C@H]1CN(C(=O)OC(C)(C)C)S(=O)(=O)O1.ClCCl.O=C(O)c1cnn(Cc2ccccc2)c1.O=CC(F)(F)F. The zero-order valence-corrected chi connectivity index (χ0v) is 84.6. The number of nitrogens with zero attached hydrogens (tertiary/aromatic N) is 14. The van der Waals surface area contributed by atoms with Crippen LogP contribution >= 0.6 is 71.0 Å². The first-order valence-electron chi connectivity index (χ1n) is 42.6. The number of esters is 2. The van der Waals surface area contributed by atoms with Crippen LogP contribution in [0.4, 0.5) is 34.4 Å². The average molecular weight is 2190 g/mol. The fourth-order valence-corrected chi connectivity index (χ4v) is 16.1. The van der Waals surface area contributed by atoms with Gasteiger partial charge in [-0.1, -0.05) is 60.7 Å². The largest absolute Gasteiger partial charge is 0.478 e. The van der Waals surface area contributed by atoms with Gasteiger partial charge in [-0.25, -0.2) is 53.1 Å². The van der Waals surface area contributed by atoms with Crippen molar-refractivity contribution in [1.82, 2.24) is 93.3 Å². The van der Waals surface area contributed by atoms with Gasteiger partial charge in [0, 0.05) is 65.5 Å². The molecule has 18 rings (SSSR count). The number of H-pyrrole nitrogens is 1. The molecule has 742 valence electrons. The average Bonchev–Trinajstić information content (AvgIpc) is 1.61. The molecule has 16 heterocycles. The smallest absolute Gasteiger partial charge is 0.446 e. The Balaban J connectivity index is 0.000000169. The number of halogens is 8. The second kappa shape index (κ2) is 47.8. The Morgan fingerprint density at radius 2 is 1.02 bits per heavy atom. The zero-order valence-electron chi connectivity index (χ0n) is 77.5. The number of alkyl carbamates (subject to hydrolysis) is 1. The summed E-state index contributed by atoms with van der Waals surface area (Å²) in [6.45, 7) is 23.3. The first kappa shape index (κ1) is 108. The Labute approximate surface area is 834 Å². The lowest BCUT2D eigenvalue weighted by atomic mass is 10.2. The van der Waals surface area contributed by atoms with Crippen molar-refractivity contribution in [3.05, 3.63) is 241 Å². The molecular formula is C92H99Br3Cl2F3N21O18S. The number of carboxylic acid groups (broad SMARTS) is 1. The summed E-state index contributed by atoms with van der Waals surface area (Å²) in [5, 5.41) is 35.8. The topological polar surface area (TPSA) is 496 Å². The fourth-order valence-electron chi connectivity index (χ4n) is 14.0. The third-order valence-corrected chi connectivity index (χ3v) is 22.9. The number of hydrogen-bond acceptors (Lipinski definition) is 25. The molecule has 6 amide bonds. The minimum atomic E-state index is -4.64. The van der Waals surface area contributed by atoms with Crippen LogP contribution in [0.2, 0.25) is 0 Å². The van der Waals surface area contributed by atoms with Gasteiger partial charge in [0.15, 0.2) is 0 Å². The number of alkyl halides is 5. The number of nitrogen functional groups attached to an aromatic ring is 1. The first-order valence-corrected chi connectivity index (χ1v) is 47.4. The van der Waals surface area contributed by atoms with Crippen LogP contribution in [0, 0.1) is 0 Å². The highest BCUT2D eigenvalue weighted by atomic mass is 79.9. The molecule has 5 atom stereocenters. The molecule has 140 heavy (non-hydrogen) atoms. The Morgan fingerprint density at radius 1 is 0.593 bits per heavy atom. The van der Waals surface area contributed by atoms with E-state index >= 15 is 0 Å². The maximum atomic E-state index is 12.7. The van der Waals surface area contributed by atoms with E-state index in [1.165, 1.54) is 26.6 Å². The number of amides is 6. The second-order valence-electron chi connectivity index (χ2n) is 33.3. The lowest BCUT2D eigenvalue weighted by Crippen LogP contribution is -2.37. The van der Waals surface area contributed by atoms with Gasteiger partial charge >= 0.3 is 46.6 Å². The van der Waals surface area contributed by atoms with Crippen molar-refractivity contribution in [2.75, 3.05) is 63.3 Å². The number of aromatic amines is 1. The van der Waals surface area contributed by atoms with E-state index in [0.717, 1.165) is 58.6 Å². The number of ether oxygens (including phenoxy) is 4. The monoisotopic (exact) mass is 2180 g/mol. The number of hydrogen-bond donors (Lipinski definition) is 8. The van der Waals surface area contributed by atoms with E-state index in [-0.39, 0.29) is 77.8 Å². The van der Waals surface area contributed by atoms with Crippen molar-refractivity contribution >= 4 is 208 Å². The van der Waals surface area contributed by atoms with Crippen molar-refractivity contribution in [3.63, 3.8) is 0 Å². The summed E-state index contributed by atoms with van der Waals surface area (Å²) in [6, 6.07) is 47.5. The van der Waals surface area contributed by atoms with Gasteiger partial charge in [-0.2, -0.15) is 36.1 Å². The van der Waals surface area contributed by atoms with E-state index in [9.17, 15) is 64.7 Å². The van der Waals surface area contributed by atoms with Gasteiger partial charge in [0.1, 0.15) is 93.4 Å². The number of carbonyl (C=O) groups is 10. The number of carbonyl (C=O) groups excluding carboxylic acids is 9. The minimum Gasteiger partial charge on any atom is -0.478 e. The lowest BCUT2D eigenvalue weighted by Gasteiger charge is -2.23. The van der Waals surface area contributed by atoms with E-state index in [0.29, 0.717) is 104 Å². The van der Waals surface area contributed by atoms with Crippen LogP contribution in [-0.4, -0.2) is 221 Å². The number of pyridine rings is 5. The molecule has 14 aromatic rings. The quantitative estimate of drug-likeness (QED) is 0.0185. The number of methoxy groups -OCH3 is 2. The zero-order chi connectivity index (χ0) is 103. The second-order valence-corrected chi connectivity index (χ2v) is 38.1. The molecule has 0 saturated carbocycles. The molecule has 9 N–H and O–H groups in total. The number of aromatic carboxylic acids is 1. The van der Waals surface area contributed by atoms with Crippen LogP contribution in [0.15, 0.2) is 190 Å². The Kier molecular flexibility index (Phi) is 37.0. The molecule has 0 bridgehead atoms. The molecule has 4 aliphatic heterocycles. The number of fused-ring (bicyclic) bond motifs is 11. The standard InChI is InChI=1S/C22H20N6O2.C17H22BrN3O4.C11H10BrN3O.C11H12N4O.C11H10N2O2.C9H7BrN2O2.C8H15NO5S.C2HF3O.CH2Cl2/c1-14-10-23-22(30)18-9-16-7-8-19(25-20(16)28(14)18)26-21(29)17-11-24-27(13-17)12-15-5-3-2-4-6-15;1-10(9-19-16(23)25-17(2,3)4)21-12(15(22)24-5)8-11-6-7-13(18)20-14(11)21;2*1-6-5-13-11(16)8-4-7-2-3-9(12)14-10(7)15(6)8;14-11(15)10-6-12-13(8-10)7-9-4-2-1-3-5-9;1-14-9(13)6-4-5-2-3-7(10)12-8(5)11-6;1-6-5-9(15(11,12)14-6)7(10)13-8(2,3)4;3-2(4,5)1-6;2-1-3/h2-9,11,13-14H,10,12H2,1H3,(H,23,30)(H,25,26,29);6-8,10H,9H2,1-5H3,(H,19,23);2-4,6H,5H2,1H3,(H,13,16);2-4,6H,5H2,1H3,(H2,12,14)(H,13,16);1-6,8H,7H2,(H,14,15);2-4H,1H3,(H,11,12);6H,5H2,1-4H3;1H;1H2/t14-;10-;2*6-;;;6-;;/m1111..0../s1. The highest BCUT2D eigenvalue weighted by Gasteiger charge is 2.41. The molecule has 0 spiro atoms. The van der Waals surface area contributed by atoms with Gasteiger partial charge in [-0.05, 0) is 226 Å². The van der Waals surface area contributed by atoms with E-state index < -0.39 is 64.2 Å². The highest BCUT2D eigenvalue weighted by Crippen LogP contribution is 2.32. The lowest BCUT2D eigenvalue weighted by molar-refractivity contribution is -0.156. The van der Waals surface area contributed by atoms with Crippen LogP contribution in [-0.2, 0) is 51.3 Å². The summed E-state index contributed by atoms with van der Waals surface area (Å²) >= 11 is 19.5. The summed E-state index contributed by atoms with van der Waals surface area (Å²) in [6.07, 6.45) is -1.50. The molecule has 0 radical (unpaired) electrons.